The van der Waals surface area contributed by atoms with Crippen molar-refractivity contribution in [2.75, 3.05) is 13.2 Å². The van der Waals surface area contributed by atoms with Crippen LogP contribution in [0, 0.1) is 0 Å². The Morgan fingerprint density at radius 3 is 1.83 bits per heavy atom. The van der Waals surface area contributed by atoms with Crippen LogP contribution in [0.4, 0.5) is 0 Å². The van der Waals surface area contributed by atoms with Crippen LogP contribution >= 0.6 is 0 Å². The van der Waals surface area contributed by atoms with E-state index in [9.17, 15) is 30.0 Å². The molecule has 0 heterocycles. The molecule has 4 atom stereocenters. The third-order valence-corrected chi connectivity index (χ3v) is 3.36. The van der Waals surface area contributed by atoms with Gasteiger partial charge in [0, 0.05) is 12.1 Å². The molecule has 0 aliphatic rings. The van der Waals surface area contributed by atoms with Crippen LogP contribution in [-0.4, -0.2) is 86.9 Å². The summed E-state index contributed by atoms with van der Waals surface area (Å²) in [5, 5.41) is 47.9. The smallest absolute Gasteiger partial charge is 0.547 e. The number of aliphatic hydroxyl groups is 4. The molecule has 0 rings (SSSR count). The Kier molecular flexibility index (Phi) is 13.2. The topological polar surface area (TPSA) is 151 Å². The maximum absolute atomic E-state index is 11.7. The fourth-order valence-electron chi connectivity index (χ4n) is 1.99. The van der Waals surface area contributed by atoms with Crippen LogP contribution in [0.1, 0.15) is 27.7 Å². The number of ether oxygens (including phenoxy) is 1. The SMILES string of the molecule is CC(C)N(CC(=O)OCC(O)C(O)C(O)C(O)C(=O)[O-])C(C)C.[Na+]. The van der Waals surface area contributed by atoms with E-state index in [4.69, 9.17) is 9.84 Å². The number of rotatable bonds is 10. The van der Waals surface area contributed by atoms with Crippen LogP contribution in [0.25, 0.3) is 0 Å². The Morgan fingerprint density at radius 2 is 1.46 bits per heavy atom. The molecule has 0 bridgehead atoms. The molecule has 24 heavy (non-hydrogen) atoms. The third-order valence-electron chi connectivity index (χ3n) is 3.36. The second-order valence-electron chi connectivity index (χ2n) is 5.86. The van der Waals surface area contributed by atoms with Crippen LogP contribution in [0.2, 0.25) is 0 Å². The van der Waals surface area contributed by atoms with Gasteiger partial charge in [-0.2, -0.15) is 0 Å². The van der Waals surface area contributed by atoms with E-state index < -0.39 is 43.0 Å². The van der Waals surface area contributed by atoms with Gasteiger partial charge in [-0.15, -0.1) is 0 Å². The van der Waals surface area contributed by atoms with Gasteiger partial charge in [-0.1, -0.05) is 0 Å². The van der Waals surface area contributed by atoms with E-state index in [1.165, 1.54) is 0 Å². The van der Waals surface area contributed by atoms with Gasteiger partial charge >= 0.3 is 35.5 Å². The summed E-state index contributed by atoms with van der Waals surface area (Å²) in [5.74, 6) is -2.64. The summed E-state index contributed by atoms with van der Waals surface area (Å²) in [6.07, 6.45) is -8.30. The monoisotopic (exact) mass is 359 g/mol. The summed E-state index contributed by atoms with van der Waals surface area (Å²) in [6, 6.07) is 0.191. The van der Waals surface area contributed by atoms with Crippen molar-refractivity contribution in [3.8, 4) is 0 Å². The number of nitrogens with zero attached hydrogens (tertiary/aromatic N) is 1. The number of aliphatic carboxylic acids is 1. The first-order valence-corrected chi connectivity index (χ1v) is 7.33. The van der Waals surface area contributed by atoms with Crippen molar-refractivity contribution in [1.29, 1.82) is 0 Å². The molecular formula is C14H26NNaO8. The number of carboxylic acid groups (broad SMARTS) is 1. The zero-order chi connectivity index (χ0) is 18.3. The number of hydrogen-bond acceptors (Lipinski definition) is 9. The van der Waals surface area contributed by atoms with E-state index in [1.54, 1.807) is 0 Å². The first-order valence-electron chi connectivity index (χ1n) is 7.33. The Balaban J connectivity index is 0. The Hall–Kier alpha value is -0.260. The molecule has 0 saturated heterocycles. The van der Waals surface area contributed by atoms with E-state index in [1.807, 2.05) is 32.6 Å². The van der Waals surface area contributed by atoms with Gasteiger partial charge in [0.25, 0.3) is 0 Å². The fourth-order valence-corrected chi connectivity index (χ4v) is 1.99. The van der Waals surface area contributed by atoms with Gasteiger partial charge in [-0.05, 0) is 27.7 Å². The first kappa shape index (κ1) is 26.0. The van der Waals surface area contributed by atoms with E-state index >= 15 is 0 Å². The van der Waals surface area contributed by atoms with E-state index in [0.717, 1.165) is 0 Å². The normalized spacial score (nSPS) is 16.5. The molecule has 0 fully saturated rings. The van der Waals surface area contributed by atoms with E-state index in [2.05, 4.69) is 0 Å². The predicted octanol–water partition coefficient (Wildman–Crippen LogP) is -6.15. The minimum Gasteiger partial charge on any atom is -0.547 e. The van der Waals surface area contributed by atoms with E-state index in [-0.39, 0.29) is 48.2 Å². The number of aliphatic hydroxyl groups excluding tert-OH is 4. The molecule has 0 aliphatic carbocycles. The quantitative estimate of drug-likeness (QED) is 0.221. The maximum atomic E-state index is 11.7. The first-order chi connectivity index (χ1) is 10.5. The molecule has 0 aromatic carbocycles. The second kappa shape index (κ2) is 12.2. The fraction of sp³-hybridized carbons (Fsp3) is 0.857. The maximum Gasteiger partial charge on any atom is 1.00 e. The average molecular weight is 359 g/mol. The number of carboxylic acids is 1. The molecule has 0 radical (unpaired) electrons. The van der Waals surface area contributed by atoms with Crippen molar-refractivity contribution in [3.63, 3.8) is 0 Å². The van der Waals surface area contributed by atoms with Crippen LogP contribution in [0.3, 0.4) is 0 Å². The average Bonchev–Trinajstić information content (AvgIpc) is 2.46. The molecule has 4 unspecified atom stereocenters. The van der Waals surface area contributed by atoms with Gasteiger partial charge in [0.15, 0.2) is 0 Å². The van der Waals surface area contributed by atoms with Crippen LogP contribution in [-0.2, 0) is 14.3 Å². The standard InChI is InChI=1S/C14H27NO8.Na/c1-7(2)15(8(3)4)5-10(17)23-6-9(16)11(18)12(19)13(20)14(21)22;/h7-9,11-13,16,18-20H,5-6H2,1-4H3,(H,21,22);/q;+1/p-1. The summed E-state index contributed by atoms with van der Waals surface area (Å²) >= 11 is 0. The molecule has 0 aromatic rings. The van der Waals surface area contributed by atoms with Crippen molar-refractivity contribution in [2.45, 2.75) is 64.2 Å². The summed E-state index contributed by atoms with van der Waals surface area (Å²) in [5.41, 5.74) is 0. The molecule has 9 nitrogen and oxygen atoms in total. The predicted molar refractivity (Wildman–Crippen MR) is 77.0 cm³/mol. The minimum atomic E-state index is -2.37. The Morgan fingerprint density at radius 1 is 1.00 bits per heavy atom. The number of hydrogen-bond donors (Lipinski definition) is 4. The second-order valence-corrected chi connectivity index (χ2v) is 5.86. The van der Waals surface area contributed by atoms with Crippen LogP contribution < -0.4 is 34.7 Å². The molecule has 0 spiro atoms. The molecule has 0 aliphatic heterocycles. The summed E-state index contributed by atoms with van der Waals surface area (Å²) in [4.78, 5) is 24.0. The molecule has 0 aromatic heterocycles. The number of carbonyl (C=O) groups is 2. The van der Waals surface area contributed by atoms with Gasteiger partial charge in [0.2, 0.25) is 0 Å². The zero-order valence-electron chi connectivity index (χ0n) is 14.7. The van der Waals surface area contributed by atoms with Crippen LogP contribution in [0.15, 0.2) is 0 Å². The largest absolute Gasteiger partial charge is 1.00 e. The van der Waals surface area contributed by atoms with Gasteiger partial charge in [-0.25, -0.2) is 0 Å². The summed E-state index contributed by atoms with van der Waals surface area (Å²) < 4.78 is 4.80. The molecular weight excluding hydrogens is 333 g/mol. The zero-order valence-corrected chi connectivity index (χ0v) is 16.7. The van der Waals surface area contributed by atoms with Crippen molar-refractivity contribution in [2.24, 2.45) is 0 Å². The molecule has 4 N–H and O–H groups in total. The molecule has 136 valence electrons. The van der Waals surface area contributed by atoms with Gasteiger partial charge in [-0.3, -0.25) is 9.69 Å². The van der Waals surface area contributed by atoms with E-state index in [0.29, 0.717) is 0 Å². The minimum absolute atomic E-state index is 0. The number of esters is 1. The third kappa shape index (κ3) is 8.72. The van der Waals surface area contributed by atoms with Crippen molar-refractivity contribution < 1.29 is 69.4 Å². The van der Waals surface area contributed by atoms with Crippen molar-refractivity contribution >= 4 is 11.9 Å². The molecule has 0 amide bonds. The van der Waals surface area contributed by atoms with Gasteiger partial charge < -0.3 is 35.1 Å². The van der Waals surface area contributed by atoms with Crippen molar-refractivity contribution in [3.05, 3.63) is 0 Å². The molecule has 0 saturated carbocycles. The summed E-state index contributed by atoms with van der Waals surface area (Å²) in [7, 11) is 0. The van der Waals surface area contributed by atoms with Gasteiger partial charge in [0.1, 0.15) is 31.0 Å². The Bertz CT molecular complexity index is 385. The van der Waals surface area contributed by atoms with Gasteiger partial charge in [0.05, 0.1) is 12.5 Å². The van der Waals surface area contributed by atoms with Crippen molar-refractivity contribution in [1.82, 2.24) is 4.90 Å². The summed E-state index contributed by atoms with van der Waals surface area (Å²) in [6.45, 7) is 6.95. The number of carbonyl (C=O) groups excluding carboxylic acids is 2. The van der Waals surface area contributed by atoms with Crippen LogP contribution in [0.5, 0.6) is 0 Å². The Labute approximate surface area is 163 Å². The molecule has 10 heteroatoms.